The zero-order chi connectivity index (χ0) is 18.5. The van der Waals surface area contributed by atoms with Gasteiger partial charge in [0.05, 0.1) is 25.9 Å². The molecule has 0 radical (unpaired) electrons. The fourth-order valence-corrected chi connectivity index (χ4v) is 2.91. The van der Waals surface area contributed by atoms with Crippen molar-refractivity contribution in [2.75, 3.05) is 23.9 Å². The van der Waals surface area contributed by atoms with Crippen molar-refractivity contribution in [3.63, 3.8) is 0 Å². The lowest BCUT2D eigenvalue weighted by molar-refractivity contribution is -0.116. The van der Waals surface area contributed by atoms with E-state index in [0.29, 0.717) is 38.2 Å². The van der Waals surface area contributed by atoms with Crippen molar-refractivity contribution < 1.29 is 14.3 Å². The van der Waals surface area contributed by atoms with Crippen LogP contribution < -0.4 is 10.2 Å². The molecule has 0 spiro atoms. The summed E-state index contributed by atoms with van der Waals surface area (Å²) in [6, 6.07) is 5.69. The number of methoxy groups -OCH3 is 1. The van der Waals surface area contributed by atoms with Crippen molar-refractivity contribution in [3.8, 4) is 0 Å². The molecule has 0 aliphatic carbocycles. The topological polar surface area (TPSA) is 76.5 Å². The smallest absolute Gasteiger partial charge is 0.250 e. The molecule has 1 N–H and O–H groups in total. The normalized spacial score (nSPS) is 13.0. The molecule has 1 aliphatic rings. The first-order valence-electron chi connectivity index (χ1n) is 8.47. The van der Waals surface area contributed by atoms with Gasteiger partial charge in [-0.25, -0.2) is 0 Å². The number of fused-ring (bicyclic) bond motifs is 1. The predicted octanol–water partition coefficient (Wildman–Crippen LogP) is 2.13. The fraction of sp³-hybridized carbons (Fsp3) is 0.316. The molecule has 1 aromatic carbocycles. The van der Waals surface area contributed by atoms with E-state index in [9.17, 15) is 9.59 Å². The van der Waals surface area contributed by atoms with Crippen molar-refractivity contribution >= 4 is 23.2 Å². The molecule has 0 bridgehead atoms. The van der Waals surface area contributed by atoms with E-state index in [1.807, 2.05) is 24.4 Å². The first-order valence-corrected chi connectivity index (χ1v) is 8.47. The van der Waals surface area contributed by atoms with Crippen molar-refractivity contribution in [1.29, 1.82) is 0 Å². The van der Waals surface area contributed by atoms with Gasteiger partial charge < -0.3 is 15.0 Å². The van der Waals surface area contributed by atoms with Crippen molar-refractivity contribution in [2.45, 2.75) is 25.9 Å². The molecule has 0 fully saturated rings. The van der Waals surface area contributed by atoms with E-state index in [-0.39, 0.29) is 11.8 Å². The fourth-order valence-electron chi connectivity index (χ4n) is 2.91. The van der Waals surface area contributed by atoms with E-state index in [0.717, 1.165) is 16.8 Å². The first kappa shape index (κ1) is 17.9. The summed E-state index contributed by atoms with van der Waals surface area (Å²) in [6.45, 7) is 5.18. The molecule has 1 aromatic heterocycles. The van der Waals surface area contributed by atoms with Gasteiger partial charge in [-0.05, 0) is 30.2 Å². The van der Waals surface area contributed by atoms with E-state index in [2.05, 4.69) is 17.0 Å². The number of aryl methyl sites for hydroxylation is 1. The number of anilines is 2. The monoisotopic (exact) mass is 354 g/mol. The summed E-state index contributed by atoms with van der Waals surface area (Å²) in [5, 5.41) is 7.15. The van der Waals surface area contributed by atoms with Crippen LogP contribution in [0.25, 0.3) is 0 Å². The van der Waals surface area contributed by atoms with Crippen LogP contribution in [-0.2, 0) is 33.8 Å². The number of hydrogen-bond donors (Lipinski definition) is 1. The Balaban J connectivity index is 1.83. The zero-order valence-electron chi connectivity index (χ0n) is 14.8. The van der Waals surface area contributed by atoms with Crippen LogP contribution in [0.2, 0.25) is 0 Å². The highest BCUT2D eigenvalue weighted by atomic mass is 16.5. The molecule has 0 saturated heterocycles. The highest BCUT2D eigenvalue weighted by Gasteiger charge is 2.19. The predicted molar refractivity (Wildman–Crippen MR) is 98.9 cm³/mol. The third kappa shape index (κ3) is 4.00. The van der Waals surface area contributed by atoms with E-state index in [1.54, 1.807) is 22.9 Å². The Hall–Kier alpha value is -2.93. The number of rotatable bonds is 7. The first-order chi connectivity index (χ1) is 12.6. The number of ether oxygens (including phenoxy) is 1. The average Bonchev–Trinajstić information content (AvgIpc) is 3.10. The quantitative estimate of drug-likeness (QED) is 0.773. The molecule has 2 aromatic rings. The van der Waals surface area contributed by atoms with Gasteiger partial charge in [-0.2, -0.15) is 5.10 Å². The number of amides is 2. The molecular formula is C19H22N4O3. The van der Waals surface area contributed by atoms with Crippen molar-refractivity contribution in [1.82, 2.24) is 9.78 Å². The van der Waals surface area contributed by atoms with E-state index in [4.69, 9.17) is 4.74 Å². The van der Waals surface area contributed by atoms with Crippen LogP contribution in [0.5, 0.6) is 0 Å². The second kappa shape index (κ2) is 7.97. The molecule has 2 amide bonds. The van der Waals surface area contributed by atoms with Gasteiger partial charge in [0.25, 0.3) is 5.91 Å². The Morgan fingerprint density at radius 3 is 3.08 bits per heavy atom. The second-order valence-electron chi connectivity index (χ2n) is 6.12. The maximum atomic E-state index is 12.4. The molecule has 1 aliphatic heterocycles. The molecule has 7 nitrogen and oxygen atoms in total. The maximum absolute atomic E-state index is 12.4. The third-order valence-electron chi connectivity index (χ3n) is 4.29. The van der Waals surface area contributed by atoms with Gasteiger partial charge in [0.15, 0.2) is 0 Å². The van der Waals surface area contributed by atoms with E-state index in [1.165, 1.54) is 6.08 Å². The lowest BCUT2D eigenvalue weighted by atomic mass is 10.0. The lowest BCUT2D eigenvalue weighted by Gasteiger charge is -2.24. The second-order valence-corrected chi connectivity index (χ2v) is 6.12. The number of nitrogens with zero attached hydrogens (tertiary/aromatic N) is 3. The van der Waals surface area contributed by atoms with Crippen molar-refractivity contribution in [2.24, 2.45) is 0 Å². The van der Waals surface area contributed by atoms with Gasteiger partial charge in [0.2, 0.25) is 5.91 Å². The molecule has 136 valence electrons. The molecule has 7 heteroatoms. The van der Waals surface area contributed by atoms with Gasteiger partial charge in [0, 0.05) is 36.7 Å². The van der Waals surface area contributed by atoms with Gasteiger partial charge in [-0.3, -0.25) is 14.3 Å². The molecule has 26 heavy (non-hydrogen) atoms. The van der Waals surface area contributed by atoms with E-state index >= 15 is 0 Å². The molecule has 0 atom stereocenters. The highest BCUT2D eigenvalue weighted by Crippen LogP contribution is 2.29. The number of aromatic nitrogens is 2. The Morgan fingerprint density at radius 1 is 1.46 bits per heavy atom. The minimum absolute atomic E-state index is 0.00401. The maximum Gasteiger partial charge on any atom is 0.250 e. The van der Waals surface area contributed by atoms with Crippen LogP contribution in [0.15, 0.2) is 43.2 Å². The van der Waals surface area contributed by atoms with Crippen LogP contribution >= 0.6 is 0 Å². The van der Waals surface area contributed by atoms with Crippen LogP contribution in [0.1, 0.15) is 17.5 Å². The lowest BCUT2D eigenvalue weighted by Crippen LogP contribution is -2.29. The minimum atomic E-state index is -0.211. The Morgan fingerprint density at radius 2 is 2.31 bits per heavy atom. The zero-order valence-corrected chi connectivity index (χ0v) is 14.8. The molecule has 2 heterocycles. The average molecular weight is 354 g/mol. The third-order valence-corrected chi connectivity index (χ3v) is 4.29. The van der Waals surface area contributed by atoms with Crippen LogP contribution in [-0.4, -0.2) is 35.3 Å². The van der Waals surface area contributed by atoms with E-state index < -0.39 is 0 Å². The summed E-state index contributed by atoms with van der Waals surface area (Å²) in [4.78, 5) is 25.7. The summed E-state index contributed by atoms with van der Waals surface area (Å²) in [5.41, 5.74) is 3.45. The Bertz CT molecular complexity index is 828. The number of carbonyl (C=O) groups excluding carboxylic acids is 2. The summed E-state index contributed by atoms with van der Waals surface area (Å²) >= 11 is 0. The van der Waals surface area contributed by atoms with Gasteiger partial charge >= 0.3 is 0 Å². The van der Waals surface area contributed by atoms with Gasteiger partial charge in [-0.1, -0.05) is 12.6 Å². The number of benzene rings is 1. The number of hydrogen-bond acceptors (Lipinski definition) is 4. The largest absolute Gasteiger partial charge is 0.383 e. The molecule has 0 unspecified atom stereocenters. The Labute approximate surface area is 152 Å². The number of carbonyl (C=O) groups is 2. The summed E-state index contributed by atoms with van der Waals surface area (Å²) in [5.74, 6) is -0.215. The number of nitrogens with one attached hydrogen (secondary N) is 1. The standard InChI is InChI=1S/C19H22N4O3/c1-3-19(25)23(13-14-11-20-22(12-14)8-9-26-2)16-6-4-15-5-7-18(24)21-17(15)10-16/h3-4,6,10-12H,1,5,7-9,13H2,2H3,(H,21,24). The summed E-state index contributed by atoms with van der Waals surface area (Å²) < 4.78 is 6.83. The highest BCUT2D eigenvalue weighted by molar-refractivity contribution is 6.02. The minimum Gasteiger partial charge on any atom is -0.383 e. The summed E-state index contributed by atoms with van der Waals surface area (Å²) in [7, 11) is 1.64. The van der Waals surface area contributed by atoms with Crippen LogP contribution in [0.3, 0.4) is 0 Å². The molecular weight excluding hydrogens is 332 g/mol. The van der Waals surface area contributed by atoms with Crippen LogP contribution in [0.4, 0.5) is 11.4 Å². The summed E-state index contributed by atoms with van der Waals surface area (Å²) in [6.07, 6.45) is 6.11. The molecule has 3 rings (SSSR count). The van der Waals surface area contributed by atoms with Gasteiger partial charge in [0.1, 0.15) is 0 Å². The van der Waals surface area contributed by atoms with Crippen LogP contribution in [0, 0.1) is 0 Å². The molecule has 0 saturated carbocycles. The Kier molecular flexibility index (Phi) is 5.48. The van der Waals surface area contributed by atoms with Crippen molar-refractivity contribution in [3.05, 3.63) is 54.4 Å². The van der Waals surface area contributed by atoms with Gasteiger partial charge in [-0.15, -0.1) is 0 Å². The SMILES string of the molecule is C=CC(=O)N(Cc1cnn(CCOC)c1)c1ccc2c(c1)NC(=O)CC2.